The van der Waals surface area contributed by atoms with Crippen molar-refractivity contribution >= 4 is 12.4 Å². The van der Waals surface area contributed by atoms with Gasteiger partial charge in [-0.25, -0.2) is 0 Å². The Bertz CT molecular complexity index is 651. The van der Waals surface area contributed by atoms with Gasteiger partial charge in [-0.15, -0.1) is 13.2 Å². The Morgan fingerprint density at radius 3 is 1.40 bits per heavy atom. The Balaban J connectivity index is 0.000000443. The molecule has 2 N–H and O–H groups in total. The Kier molecular flexibility index (Phi) is 12.5. The van der Waals surface area contributed by atoms with Gasteiger partial charge in [0.15, 0.2) is 0 Å². The monoisotopic (exact) mass is 428 g/mol. The number of rotatable bonds is 6. The van der Waals surface area contributed by atoms with Crippen molar-refractivity contribution < 1.29 is 30.6 Å². The summed E-state index contributed by atoms with van der Waals surface area (Å²) in [6.07, 6.45) is 6.68. The summed E-state index contributed by atoms with van der Waals surface area (Å²) in [5.41, 5.74) is 1.47. The fraction of sp³-hybridized carbons (Fsp3) is 0.100. The van der Waals surface area contributed by atoms with Crippen molar-refractivity contribution in [1.82, 2.24) is 0 Å². The van der Waals surface area contributed by atoms with Crippen LogP contribution in [-0.4, -0.2) is 35.7 Å². The van der Waals surface area contributed by atoms with E-state index in [0.29, 0.717) is 13.1 Å². The number of para-hydroxylation sites is 2. The van der Waals surface area contributed by atoms with Crippen molar-refractivity contribution in [2.24, 2.45) is 9.98 Å². The van der Waals surface area contributed by atoms with Crippen LogP contribution in [0.1, 0.15) is 11.1 Å². The van der Waals surface area contributed by atoms with Crippen LogP contribution in [0.3, 0.4) is 0 Å². The van der Waals surface area contributed by atoms with Crippen LogP contribution in [-0.2, 0) is 20.4 Å². The molecule has 0 atom stereocenters. The van der Waals surface area contributed by atoms with Crippen LogP contribution < -0.4 is 0 Å². The number of phenolic OH excluding ortho intramolecular Hbond substituents is 2. The first-order valence-electron chi connectivity index (χ1n) is 7.46. The van der Waals surface area contributed by atoms with Crippen LogP contribution in [0.4, 0.5) is 0 Å². The van der Waals surface area contributed by atoms with Crippen molar-refractivity contribution in [2.45, 2.75) is 0 Å². The molecule has 0 bridgehead atoms. The summed E-state index contributed by atoms with van der Waals surface area (Å²) in [5.74, 6) is 0.510. The molecule has 0 spiro atoms. The first kappa shape index (κ1) is 22.5. The van der Waals surface area contributed by atoms with Gasteiger partial charge >= 0.3 is 0 Å². The largest absolute Gasteiger partial charge is 0.507 e. The summed E-state index contributed by atoms with van der Waals surface area (Å²) in [4.78, 5) is 8.04. The third-order valence-electron chi connectivity index (χ3n) is 2.80. The van der Waals surface area contributed by atoms with Gasteiger partial charge in [0.05, 0.1) is 13.1 Å². The topological polar surface area (TPSA) is 65.2 Å². The minimum atomic E-state index is 0. The van der Waals surface area contributed by atoms with Crippen LogP contribution in [0.2, 0.25) is 0 Å². The van der Waals surface area contributed by atoms with Crippen LogP contribution >= 0.6 is 0 Å². The maximum atomic E-state index is 9.29. The van der Waals surface area contributed by atoms with Crippen molar-refractivity contribution in [2.75, 3.05) is 13.1 Å². The minimum absolute atomic E-state index is 0. The predicted octanol–water partition coefficient (Wildman–Crippen LogP) is 3.99. The molecule has 0 aliphatic carbocycles. The van der Waals surface area contributed by atoms with E-state index in [1.54, 1.807) is 48.8 Å². The molecule has 2 rings (SSSR count). The molecule has 5 heteroatoms. The molecule has 0 heterocycles. The number of benzene rings is 2. The molecule has 0 fully saturated rings. The summed E-state index contributed by atoms with van der Waals surface area (Å²) < 4.78 is 0. The molecule has 0 unspecified atom stereocenters. The van der Waals surface area contributed by atoms with E-state index in [1.165, 1.54) is 0 Å². The predicted molar refractivity (Wildman–Crippen MR) is 102 cm³/mol. The van der Waals surface area contributed by atoms with Gasteiger partial charge in [0.2, 0.25) is 0 Å². The Labute approximate surface area is 162 Å². The molecule has 134 valence electrons. The van der Waals surface area contributed by atoms with Crippen LogP contribution in [0.25, 0.3) is 0 Å². The molecule has 0 aliphatic rings. The van der Waals surface area contributed by atoms with Crippen molar-refractivity contribution in [1.29, 1.82) is 0 Å². The number of aliphatic imine (C=N–C) groups is 2. The number of phenols is 2. The second-order valence-electron chi connectivity index (χ2n) is 4.68. The van der Waals surface area contributed by atoms with Gasteiger partial charge in [-0.2, -0.15) is 0 Å². The Morgan fingerprint density at radius 1 is 0.720 bits per heavy atom. The van der Waals surface area contributed by atoms with E-state index in [9.17, 15) is 10.2 Å². The minimum Gasteiger partial charge on any atom is -0.507 e. The number of aromatic hydroxyl groups is 2. The molecule has 0 saturated carbocycles. The summed E-state index contributed by atoms with van der Waals surface area (Å²) in [5, 5.41) is 18.6. The standard InChI is InChI=1S/2C10H11NO.Pd/c2*1-2-7-11-8-9-5-3-4-6-10(9)12;/h2*2-6,8,12H,1,7H2;. The molecule has 4 nitrogen and oxygen atoms in total. The first-order valence-corrected chi connectivity index (χ1v) is 7.46. The molecule has 0 aromatic heterocycles. The normalized spacial score (nSPS) is 9.92. The fourth-order valence-corrected chi connectivity index (χ4v) is 1.64. The van der Waals surface area contributed by atoms with Crippen molar-refractivity contribution in [3.63, 3.8) is 0 Å². The van der Waals surface area contributed by atoms with E-state index in [1.807, 2.05) is 24.3 Å². The van der Waals surface area contributed by atoms with Gasteiger partial charge in [-0.05, 0) is 24.3 Å². The van der Waals surface area contributed by atoms with E-state index in [-0.39, 0.29) is 31.9 Å². The third-order valence-corrected chi connectivity index (χ3v) is 2.80. The second kappa shape index (κ2) is 13.9. The van der Waals surface area contributed by atoms with E-state index >= 15 is 0 Å². The summed E-state index contributed by atoms with van der Waals surface area (Å²) >= 11 is 0. The van der Waals surface area contributed by atoms with Gasteiger partial charge in [-0.3, -0.25) is 9.98 Å². The van der Waals surface area contributed by atoms with Gasteiger partial charge in [0.25, 0.3) is 0 Å². The van der Waals surface area contributed by atoms with Gasteiger partial charge in [0, 0.05) is 44.0 Å². The number of hydrogen-bond acceptors (Lipinski definition) is 4. The smallest absolute Gasteiger partial charge is 0.124 e. The zero-order valence-corrected chi connectivity index (χ0v) is 15.4. The molecule has 0 saturated heterocycles. The Morgan fingerprint density at radius 2 is 1.08 bits per heavy atom. The molecule has 2 aromatic carbocycles. The summed E-state index contributed by atoms with van der Waals surface area (Å²) in [6.45, 7) is 8.23. The van der Waals surface area contributed by atoms with E-state index in [4.69, 9.17) is 0 Å². The molecular formula is C20H22N2O2Pd. The third kappa shape index (κ3) is 9.41. The van der Waals surface area contributed by atoms with E-state index in [0.717, 1.165) is 11.1 Å². The van der Waals surface area contributed by atoms with Gasteiger partial charge < -0.3 is 10.2 Å². The molecule has 0 amide bonds. The zero-order chi connectivity index (χ0) is 17.6. The SMILES string of the molecule is C=CCN=Cc1ccccc1O.C=CCN=Cc1ccccc1O.[Pd]. The van der Waals surface area contributed by atoms with E-state index < -0.39 is 0 Å². The van der Waals surface area contributed by atoms with Crippen LogP contribution in [0.15, 0.2) is 83.8 Å². The summed E-state index contributed by atoms with van der Waals surface area (Å²) in [7, 11) is 0. The second-order valence-corrected chi connectivity index (χ2v) is 4.68. The molecule has 0 radical (unpaired) electrons. The van der Waals surface area contributed by atoms with Gasteiger partial charge in [-0.1, -0.05) is 36.4 Å². The molecule has 2 aromatic rings. The zero-order valence-electron chi connectivity index (χ0n) is 13.9. The quantitative estimate of drug-likeness (QED) is 0.415. The Hall–Kier alpha value is -2.48. The van der Waals surface area contributed by atoms with Crippen LogP contribution in [0, 0.1) is 0 Å². The molecule has 25 heavy (non-hydrogen) atoms. The maximum Gasteiger partial charge on any atom is 0.124 e. The van der Waals surface area contributed by atoms with E-state index in [2.05, 4.69) is 23.1 Å². The average Bonchev–Trinajstić information content (AvgIpc) is 2.59. The number of nitrogens with zero attached hydrogens (tertiary/aromatic N) is 2. The van der Waals surface area contributed by atoms with Crippen molar-refractivity contribution in [3.05, 3.63) is 85.0 Å². The first-order chi connectivity index (χ1) is 11.7. The average molecular weight is 429 g/mol. The maximum absolute atomic E-state index is 9.29. The van der Waals surface area contributed by atoms with Crippen molar-refractivity contribution in [3.8, 4) is 11.5 Å². The van der Waals surface area contributed by atoms with Crippen LogP contribution in [0.5, 0.6) is 11.5 Å². The number of hydrogen-bond donors (Lipinski definition) is 2. The fourth-order valence-electron chi connectivity index (χ4n) is 1.64. The summed E-state index contributed by atoms with van der Waals surface area (Å²) in [6, 6.07) is 14.2. The van der Waals surface area contributed by atoms with Gasteiger partial charge in [0.1, 0.15) is 11.5 Å². The molecular weight excluding hydrogens is 407 g/mol. The molecule has 0 aliphatic heterocycles.